The molecule has 0 atom stereocenters. The second-order valence-corrected chi connectivity index (χ2v) is 7.29. The minimum Gasteiger partial charge on any atom is -0.425 e. The van der Waals surface area contributed by atoms with Gasteiger partial charge in [0.2, 0.25) is 11.8 Å². The molecule has 27 heavy (non-hydrogen) atoms. The van der Waals surface area contributed by atoms with E-state index in [1.165, 1.54) is 11.8 Å². The molecule has 0 aliphatic heterocycles. The Hall–Kier alpha value is -2.93. The normalized spacial score (nSPS) is 11.2. The number of benzene rings is 2. The third-order valence-corrected chi connectivity index (χ3v) is 5.17. The summed E-state index contributed by atoms with van der Waals surface area (Å²) >= 11 is 1.41. The van der Waals surface area contributed by atoms with E-state index in [0.717, 1.165) is 16.8 Å². The number of aryl methyl sites for hydroxylation is 3. The van der Waals surface area contributed by atoms with Crippen molar-refractivity contribution in [3.63, 3.8) is 0 Å². The van der Waals surface area contributed by atoms with Crippen LogP contribution in [0, 0.1) is 20.8 Å². The lowest BCUT2D eigenvalue weighted by Crippen LogP contribution is -2.22. The Morgan fingerprint density at radius 2 is 1.89 bits per heavy atom. The topological polar surface area (TPSA) is 73.8 Å². The monoisotopic (exact) mass is 378 g/mol. The lowest BCUT2D eigenvalue weighted by atomic mass is 10.1. The van der Waals surface area contributed by atoms with Gasteiger partial charge in [0.15, 0.2) is 5.16 Å². The van der Waals surface area contributed by atoms with Gasteiger partial charge < -0.3 is 4.42 Å². The Labute approximate surface area is 160 Å². The van der Waals surface area contributed by atoms with E-state index in [1.807, 2.05) is 56.3 Å². The fraction of sp³-hybridized carbons (Fsp3) is 0.200. The lowest BCUT2D eigenvalue weighted by molar-refractivity contribution is 0.485. The maximum Gasteiger partial charge on any atom is 0.266 e. The summed E-state index contributed by atoms with van der Waals surface area (Å²) in [7, 11) is 0. The van der Waals surface area contributed by atoms with Gasteiger partial charge in [0.05, 0.1) is 22.3 Å². The molecule has 0 unspecified atom stereocenters. The number of aromatic nitrogens is 4. The van der Waals surface area contributed by atoms with Crippen molar-refractivity contribution in [2.45, 2.75) is 31.7 Å². The fourth-order valence-corrected chi connectivity index (χ4v) is 3.75. The summed E-state index contributed by atoms with van der Waals surface area (Å²) in [4.78, 5) is 18.0. The van der Waals surface area contributed by atoms with Crippen LogP contribution in [0.15, 0.2) is 56.8 Å². The first-order valence-electron chi connectivity index (χ1n) is 8.54. The number of nitrogens with zero attached hydrogens (tertiary/aromatic N) is 4. The van der Waals surface area contributed by atoms with E-state index in [2.05, 4.69) is 10.2 Å². The summed E-state index contributed by atoms with van der Waals surface area (Å²) in [6.07, 6.45) is 0. The van der Waals surface area contributed by atoms with Crippen LogP contribution in [0.5, 0.6) is 0 Å². The Balaban J connectivity index is 1.90. The van der Waals surface area contributed by atoms with Crippen LogP contribution in [0.2, 0.25) is 0 Å². The number of rotatable bonds is 4. The number of para-hydroxylation sites is 1. The van der Waals surface area contributed by atoms with Crippen molar-refractivity contribution in [3.05, 3.63) is 75.7 Å². The van der Waals surface area contributed by atoms with Crippen LogP contribution in [0.1, 0.15) is 22.9 Å². The smallest absolute Gasteiger partial charge is 0.266 e. The molecule has 0 aliphatic rings. The largest absolute Gasteiger partial charge is 0.425 e. The average molecular weight is 378 g/mol. The maximum absolute atomic E-state index is 13.3. The molecule has 136 valence electrons. The molecular weight excluding hydrogens is 360 g/mol. The molecule has 0 fully saturated rings. The third kappa shape index (κ3) is 3.38. The van der Waals surface area contributed by atoms with E-state index in [9.17, 15) is 4.79 Å². The molecule has 0 bridgehead atoms. The number of hydrogen-bond acceptors (Lipinski definition) is 6. The van der Waals surface area contributed by atoms with Crippen LogP contribution in [0.3, 0.4) is 0 Å². The number of hydrogen-bond donors (Lipinski definition) is 0. The molecule has 0 aliphatic carbocycles. The molecule has 2 aromatic carbocycles. The van der Waals surface area contributed by atoms with Gasteiger partial charge in [0, 0.05) is 6.92 Å². The standard InChI is InChI=1S/C20H18N4O2S/c1-12-8-9-13(2)17(10-12)24-19(25)15-6-4-5-7-16(15)21-20(24)27-11-18-23-22-14(3)26-18/h4-10H,11H2,1-3H3. The Bertz CT molecular complexity index is 1200. The van der Waals surface area contributed by atoms with Gasteiger partial charge in [0.1, 0.15) is 0 Å². The molecule has 0 amide bonds. The minimum atomic E-state index is -0.0847. The van der Waals surface area contributed by atoms with Crippen molar-refractivity contribution < 1.29 is 4.42 Å². The van der Waals surface area contributed by atoms with Crippen LogP contribution < -0.4 is 5.56 Å². The highest BCUT2D eigenvalue weighted by atomic mass is 32.2. The lowest BCUT2D eigenvalue weighted by Gasteiger charge is -2.15. The molecule has 0 saturated heterocycles. The van der Waals surface area contributed by atoms with Crippen molar-refractivity contribution in [1.82, 2.24) is 19.7 Å². The number of thioether (sulfide) groups is 1. The molecule has 7 heteroatoms. The molecule has 0 spiro atoms. The highest BCUT2D eigenvalue weighted by Gasteiger charge is 2.16. The van der Waals surface area contributed by atoms with Crippen LogP contribution in [-0.2, 0) is 5.75 Å². The zero-order chi connectivity index (χ0) is 19.0. The van der Waals surface area contributed by atoms with Crippen LogP contribution >= 0.6 is 11.8 Å². The molecule has 4 rings (SSSR count). The summed E-state index contributed by atoms with van der Waals surface area (Å²) in [6, 6.07) is 13.5. The highest BCUT2D eigenvalue weighted by molar-refractivity contribution is 7.98. The van der Waals surface area contributed by atoms with Gasteiger partial charge >= 0.3 is 0 Å². The predicted molar refractivity (Wildman–Crippen MR) is 105 cm³/mol. The van der Waals surface area contributed by atoms with Gasteiger partial charge in [0.25, 0.3) is 5.56 Å². The van der Waals surface area contributed by atoms with Gasteiger partial charge in [-0.3, -0.25) is 9.36 Å². The van der Waals surface area contributed by atoms with Crippen LogP contribution in [0.4, 0.5) is 0 Å². The van der Waals surface area contributed by atoms with Crippen molar-refractivity contribution in [2.24, 2.45) is 0 Å². The van der Waals surface area contributed by atoms with Crippen molar-refractivity contribution in [1.29, 1.82) is 0 Å². The van der Waals surface area contributed by atoms with Crippen molar-refractivity contribution in [2.75, 3.05) is 0 Å². The van der Waals surface area contributed by atoms with Gasteiger partial charge in [-0.2, -0.15) is 0 Å². The SMILES string of the molecule is Cc1ccc(C)c(-n2c(SCc3nnc(C)o3)nc3ccccc3c2=O)c1. The van der Waals surface area contributed by atoms with Gasteiger partial charge in [-0.1, -0.05) is 36.0 Å². The summed E-state index contributed by atoms with van der Waals surface area (Å²) in [5.74, 6) is 1.47. The highest BCUT2D eigenvalue weighted by Crippen LogP contribution is 2.26. The average Bonchev–Trinajstić information content (AvgIpc) is 3.08. The Morgan fingerprint density at radius 1 is 1.07 bits per heavy atom. The van der Waals surface area contributed by atoms with E-state index >= 15 is 0 Å². The Morgan fingerprint density at radius 3 is 2.67 bits per heavy atom. The van der Waals surface area contributed by atoms with Gasteiger partial charge in [-0.15, -0.1) is 10.2 Å². The Kier molecular flexibility index (Phi) is 4.53. The fourth-order valence-electron chi connectivity index (χ4n) is 2.90. The first-order valence-corrected chi connectivity index (χ1v) is 9.52. The first kappa shape index (κ1) is 17.5. The molecule has 6 nitrogen and oxygen atoms in total. The first-order chi connectivity index (χ1) is 13.0. The third-order valence-electron chi connectivity index (χ3n) is 4.24. The van der Waals surface area contributed by atoms with Crippen molar-refractivity contribution >= 4 is 22.7 Å². The van der Waals surface area contributed by atoms with Crippen LogP contribution in [-0.4, -0.2) is 19.7 Å². The van der Waals surface area contributed by atoms with E-state index < -0.39 is 0 Å². The minimum absolute atomic E-state index is 0.0847. The molecule has 2 aromatic heterocycles. The molecule has 0 radical (unpaired) electrons. The van der Waals surface area contributed by atoms with Crippen molar-refractivity contribution in [3.8, 4) is 5.69 Å². The zero-order valence-corrected chi connectivity index (χ0v) is 16.1. The molecule has 0 saturated carbocycles. The van der Waals surface area contributed by atoms with Gasteiger partial charge in [-0.25, -0.2) is 4.98 Å². The number of fused-ring (bicyclic) bond motifs is 1. The molecule has 4 aromatic rings. The molecule has 0 N–H and O–H groups in total. The second kappa shape index (κ2) is 7.00. The maximum atomic E-state index is 13.3. The van der Waals surface area contributed by atoms with E-state index in [0.29, 0.717) is 33.6 Å². The summed E-state index contributed by atoms with van der Waals surface area (Å²) in [5.41, 5.74) is 3.52. The van der Waals surface area contributed by atoms with E-state index in [-0.39, 0.29) is 5.56 Å². The second-order valence-electron chi connectivity index (χ2n) is 6.35. The quantitative estimate of drug-likeness (QED) is 0.395. The van der Waals surface area contributed by atoms with Gasteiger partial charge in [-0.05, 0) is 43.2 Å². The zero-order valence-electron chi connectivity index (χ0n) is 15.3. The summed E-state index contributed by atoms with van der Waals surface area (Å²) in [6.45, 7) is 5.75. The summed E-state index contributed by atoms with van der Waals surface area (Å²) < 4.78 is 7.13. The molecular formula is C20H18N4O2S. The molecule has 2 heterocycles. The predicted octanol–water partition coefficient (Wildman–Crippen LogP) is 3.99. The van der Waals surface area contributed by atoms with E-state index in [4.69, 9.17) is 9.40 Å². The van der Waals surface area contributed by atoms with Crippen LogP contribution in [0.25, 0.3) is 16.6 Å². The summed E-state index contributed by atoms with van der Waals surface area (Å²) in [5, 5.41) is 9.07. The van der Waals surface area contributed by atoms with E-state index in [1.54, 1.807) is 11.5 Å².